The van der Waals surface area contributed by atoms with Gasteiger partial charge in [0.2, 0.25) is 0 Å². The fourth-order valence-electron chi connectivity index (χ4n) is 2.48. The van der Waals surface area contributed by atoms with Crippen molar-refractivity contribution in [1.29, 1.82) is 0 Å². The molecular weight excluding hydrogens is 326 g/mol. The number of hydrogen-bond donors (Lipinski definition) is 1. The molecule has 0 heterocycles. The van der Waals surface area contributed by atoms with Crippen LogP contribution in [0.15, 0.2) is 48.5 Å². The highest BCUT2D eigenvalue weighted by atomic mass is 35.5. The summed E-state index contributed by atoms with van der Waals surface area (Å²) in [6, 6.07) is 14.7. The highest BCUT2D eigenvalue weighted by molar-refractivity contribution is 6.31. The molecule has 0 saturated heterocycles. The number of methoxy groups -OCH3 is 2. The van der Waals surface area contributed by atoms with Gasteiger partial charge in [0, 0.05) is 5.02 Å². The average molecular weight is 348 g/mol. The number of rotatable bonds is 8. The van der Waals surface area contributed by atoms with Gasteiger partial charge in [0.1, 0.15) is 11.8 Å². The van der Waals surface area contributed by atoms with E-state index in [4.69, 9.17) is 21.1 Å². The quantitative estimate of drug-likeness (QED) is 0.583. The minimum Gasteiger partial charge on any atom is -0.497 e. The topological polar surface area (TPSA) is 47.6 Å². The Morgan fingerprint density at radius 3 is 2.46 bits per heavy atom. The van der Waals surface area contributed by atoms with Gasteiger partial charge in [-0.05, 0) is 48.7 Å². The van der Waals surface area contributed by atoms with Crippen molar-refractivity contribution in [3.63, 3.8) is 0 Å². The van der Waals surface area contributed by atoms with Crippen LogP contribution in [-0.4, -0.2) is 26.7 Å². The van der Waals surface area contributed by atoms with Gasteiger partial charge in [-0.3, -0.25) is 0 Å². The van der Waals surface area contributed by atoms with E-state index in [0.29, 0.717) is 11.6 Å². The van der Waals surface area contributed by atoms with Gasteiger partial charge in [-0.2, -0.15) is 0 Å². The van der Waals surface area contributed by atoms with Crippen molar-refractivity contribution in [2.45, 2.75) is 18.9 Å². The standard InChI is InChI=1S/C19H22ClNO3/c1-23-15-11-9-14(10-12-15)6-5-13-21-18(19(22)24-2)16-7-3-4-8-17(16)20/h3-4,7-12,18,21H,5-6,13H2,1-2H3. The molecule has 0 aliphatic carbocycles. The lowest BCUT2D eigenvalue weighted by atomic mass is 10.1. The minimum absolute atomic E-state index is 0.340. The largest absolute Gasteiger partial charge is 0.497 e. The number of carbonyl (C=O) groups excluding carboxylic acids is 1. The first-order valence-electron chi connectivity index (χ1n) is 7.84. The van der Waals surface area contributed by atoms with E-state index in [2.05, 4.69) is 5.32 Å². The fraction of sp³-hybridized carbons (Fsp3) is 0.316. The Balaban J connectivity index is 1.91. The number of ether oxygens (including phenoxy) is 2. The molecule has 0 aromatic heterocycles. The van der Waals surface area contributed by atoms with E-state index >= 15 is 0 Å². The molecule has 0 aliphatic heterocycles. The smallest absolute Gasteiger partial charge is 0.327 e. The maximum Gasteiger partial charge on any atom is 0.327 e. The Hall–Kier alpha value is -2.04. The van der Waals surface area contributed by atoms with Crippen LogP contribution in [0.5, 0.6) is 5.75 Å². The Labute approximate surface area is 147 Å². The molecule has 0 saturated carbocycles. The van der Waals surface area contributed by atoms with Gasteiger partial charge in [-0.1, -0.05) is 41.9 Å². The summed E-state index contributed by atoms with van der Waals surface area (Å²) in [4.78, 5) is 12.0. The summed E-state index contributed by atoms with van der Waals surface area (Å²) in [5.41, 5.74) is 1.96. The molecule has 1 atom stereocenters. The van der Waals surface area contributed by atoms with E-state index in [-0.39, 0.29) is 5.97 Å². The lowest BCUT2D eigenvalue weighted by Crippen LogP contribution is -2.30. The number of halogens is 1. The van der Waals surface area contributed by atoms with Gasteiger partial charge in [-0.25, -0.2) is 4.79 Å². The zero-order chi connectivity index (χ0) is 17.4. The molecule has 0 spiro atoms. The molecule has 1 N–H and O–H groups in total. The van der Waals surface area contributed by atoms with Crippen LogP contribution in [0.4, 0.5) is 0 Å². The molecule has 0 bridgehead atoms. The average Bonchev–Trinajstić information content (AvgIpc) is 2.62. The van der Waals surface area contributed by atoms with Crippen molar-refractivity contribution in [1.82, 2.24) is 5.32 Å². The van der Waals surface area contributed by atoms with Gasteiger partial charge in [-0.15, -0.1) is 0 Å². The highest BCUT2D eigenvalue weighted by Gasteiger charge is 2.22. The van der Waals surface area contributed by atoms with Crippen molar-refractivity contribution < 1.29 is 14.3 Å². The molecule has 2 aromatic rings. The summed E-state index contributed by atoms with van der Waals surface area (Å²) in [5, 5.41) is 3.79. The Morgan fingerprint density at radius 1 is 1.12 bits per heavy atom. The summed E-state index contributed by atoms with van der Waals surface area (Å²) in [6.07, 6.45) is 1.80. The van der Waals surface area contributed by atoms with Crippen LogP contribution in [0.25, 0.3) is 0 Å². The number of benzene rings is 2. The van der Waals surface area contributed by atoms with E-state index in [1.54, 1.807) is 13.2 Å². The number of esters is 1. The molecule has 0 amide bonds. The number of nitrogens with one attached hydrogen (secondary N) is 1. The number of hydrogen-bond acceptors (Lipinski definition) is 4. The second-order valence-electron chi connectivity index (χ2n) is 5.38. The van der Waals surface area contributed by atoms with Crippen molar-refractivity contribution >= 4 is 17.6 Å². The van der Waals surface area contributed by atoms with Crippen LogP contribution in [0.3, 0.4) is 0 Å². The molecule has 0 aliphatic rings. The SMILES string of the molecule is COC(=O)C(NCCCc1ccc(OC)cc1)c1ccccc1Cl. The maximum absolute atomic E-state index is 12.0. The van der Waals surface area contributed by atoms with E-state index in [1.807, 2.05) is 42.5 Å². The fourth-order valence-corrected chi connectivity index (χ4v) is 2.72. The monoisotopic (exact) mass is 347 g/mol. The molecule has 0 fully saturated rings. The third-order valence-electron chi connectivity index (χ3n) is 3.80. The lowest BCUT2D eigenvalue weighted by Gasteiger charge is -2.18. The molecule has 0 radical (unpaired) electrons. The summed E-state index contributed by atoms with van der Waals surface area (Å²) < 4.78 is 10.0. The Kier molecular flexibility index (Phi) is 7.09. The first-order valence-corrected chi connectivity index (χ1v) is 8.22. The van der Waals surface area contributed by atoms with Crippen LogP contribution in [0.1, 0.15) is 23.6 Å². The number of carbonyl (C=O) groups is 1. The second-order valence-corrected chi connectivity index (χ2v) is 5.79. The van der Waals surface area contributed by atoms with E-state index in [0.717, 1.165) is 24.2 Å². The zero-order valence-electron chi connectivity index (χ0n) is 13.9. The third-order valence-corrected chi connectivity index (χ3v) is 4.15. The van der Waals surface area contributed by atoms with Crippen LogP contribution in [0.2, 0.25) is 5.02 Å². The van der Waals surface area contributed by atoms with Gasteiger partial charge in [0.15, 0.2) is 0 Å². The van der Waals surface area contributed by atoms with Crippen molar-refractivity contribution in [2.75, 3.05) is 20.8 Å². The summed E-state index contributed by atoms with van der Waals surface area (Å²) in [5.74, 6) is 0.508. The Bertz CT molecular complexity index is 658. The number of aryl methyl sites for hydroxylation is 1. The second kappa shape index (κ2) is 9.30. The Morgan fingerprint density at radius 2 is 1.83 bits per heavy atom. The lowest BCUT2D eigenvalue weighted by molar-refractivity contribution is -0.143. The summed E-state index contributed by atoms with van der Waals surface area (Å²) >= 11 is 6.20. The molecule has 1 unspecified atom stereocenters. The molecule has 2 rings (SSSR count). The van der Waals surface area contributed by atoms with Gasteiger partial charge >= 0.3 is 5.97 Å². The van der Waals surface area contributed by atoms with Gasteiger partial charge in [0.25, 0.3) is 0 Å². The van der Waals surface area contributed by atoms with Crippen molar-refractivity contribution in [2.24, 2.45) is 0 Å². The van der Waals surface area contributed by atoms with Crippen LogP contribution in [-0.2, 0) is 16.0 Å². The van der Waals surface area contributed by atoms with Crippen molar-refractivity contribution in [3.05, 3.63) is 64.7 Å². The first kappa shape index (κ1) is 18.3. The summed E-state index contributed by atoms with van der Waals surface area (Å²) in [7, 11) is 3.03. The maximum atomic E-state index is 12.0. The predicted molar refractivity (Wildman–Crippen MR) is 95.5 cm³/mol. The highest BCUT2D eigenvalue weighted by Crippen LogP contribution is 2.23. The van der Waals surface area contributed by atoms with E-state index in [1.165, 1.54) is 12.7 Å². The molecule has 5 heteroatoms. The molecule has 128 valence electrons. The van der Waals surface area contributed by atoms with Crippen molar-refractivity contribution in [3.8, 4) is 5.75 Å². The molecule has 24 heavy (non-hydrogen) atoms. The first-order chi connectivity index (χ1) is 11.7. The molecular formula is C19H22ClNO3. The molecule has 4 nitrogen and oxygen atoms in total. The van der Waals surface area contributed by atoms with Gasteiger partial charge in [0.05, 0.1) is 14.2 Å². The van der Waals surface area contributed by atoms with Crippen LogP contribution in [0, 0.1) is 0 Å². The van der Waals surface area contributed by atoms with Gasteiger partial charge < -0.3 is 14.8 Å². The normalized spacial score (nSPS) is 11.8. The minimum atomic E-state index is -0.556. The summed E-state index contributed by atoms with van der Waals surface area (Å²) in [6.45, 7) is 0.678. The van der Waals surface area contributed by atoms with E-state index < -0.39 is 6.04 Å². The predicted octanol–water partition coefficient (Wildman–Crippen LogP) is 3.79. The molecule has 2 aromatic carbocycles. The van der Waals surface area contributed by atoms with Crippen LogP contribution >= 0.6 is 11.6 Å². The zero-order valence-corrected chi connectivity index (χ0v) is 14.7. The van der Waals surface area contributed by atoms with E-state index in [9.17, 15) is 4.79 Å². The third kappa shape index (κ3) is 4.98. The van der Waals surface area contributed by atoms with Crippen LogP contribution < -0.4 is 10.1 Å².